The molecule has 1 saturated heterocycles. The number of nitrogens with zero attached hydrogens (tertiary/aromatic N) is 1. The first kappa shape index (κ1) is 18.1. The minimum Gasteiger partial charge on any atom is -0.394 e. The van der Waals surface area contributed by atoms with Gasteiger partial charge in [-0.15, -0.1) is 0 Å². The molecule has 25 heavy (non-hydrogen) atoms. The van der Waals surface area contributed by atoms with Gasteiger partial charge in [0.25, 0.3) is 0 Å². The van der Waals surface area contributed by atoms with E-state index in [0.29, 0.717) is 6.42 Å². The summed E-state index contributed by atoms with van der Waals surface area (Å²) in [7, 11) is 4.15. The van der Waals surface area contributed by atoms with Crippen LogP contribution in [0.15, 0.2) is 48.5 Å². The van der Waals surface area contributed by atoms with Gasteiger partial charge in [-0.2, -0.15) is 0 Å². The van der Waals surface area contributed by atoms with E-state index >= 15 is 0 Å². The lowest BCUT2D eigenvalue weighted by molar-refractivity contribution is -0.135. The van der Waals surface area contributed by atoms with Crippen molar-refractivity contribution in [2.75, 3.05) is 20.7 Å². The third-order valence-electron chi connectivity index (χ3n) is 4.75. The second-order valence-corrected chi connectivity index (χ2v) is 7.01. The van der Waals surface area contributed by atoms with Crippen LogP contribution in [0.1, 0.15) is 30.1 Å². The molecule has 3 atom stereocenters. The molecular weight excluding hydrogens is 314 g/mol. The fourth-order valence-electron chi connectivity index (χ4n) is 3.47. The highest BCUT2D eigenvalue weighted by Crippen LogP contribution is 2.34. The molecule has 2 unspecified atom stereocenters. The summed E-state index contributed by atoms with van der Waals surface area (Å²) in [6.07, 6.45) is 0.257. The zero-order valence-electron chi connectivity index (χ0n) is 14.9. The zero-order chi connectivity index (χ0) is 17.8. The molecule has 1 aliphatic heterocycles. The second kappa shape index (κ2) is 8.11. The summed E-state index contributed by atoms with van der Waals surface area (Å²) < 4.78 is 5.91. The quantitative estimate of drug-likeness (QED) is 0.878. The summed E-state index contributed by atoms with van der Waals surface area (Å²) in [5.41, 5.74) is 4.79. The lowest BCUT2D eigenvalue weighted by atomic mass is 9.93. The van der Waals surface area contributed by atoms with Crippen molar-refractivity contribution in [3.05, 3.63) is 59.7 Å². The summed E-state index contributed by atoms with van der Waals surface area (Å²) in [4.78, 5) is 2.17. The Hall–Kier alpha value is -1.72. The van der Waals surface area contributed by atoms with Crippen LogP contribution in [0.4, 0.5) is 0 Å². The van der Waals surface area contributed by atoms with E-state index in [1.54, 1.807) is 0 Å². The van der Waals surface area contributed by atoms with Crippen molar-refractivity contribution >= 4 is 0 Å². The normalized spacial score (nSPS) is 23.8. The number of ether oxygens (including phenoxy) is 1. The van der Waals surface area contributed by atoms with E-state index in [0.717, 1.165) is 18.5 Å². The molecule has 2 aromatic carbocycles. The zero-order valence-corrected chi connectivity index (χ0v) is 14.9. The molecule has 1 fully saturated rings. The predicted octanol–water partition coefficient (Wildman–Crippen LogP) is 2.99. The summed E-state index contributed by atoms with van der Waals surface area (Å²) in [6, 6.07) is 16.9. The smallest absolute Gasteiger partial charge is 0.107 e. The number of hydrogen-bond acceptors (Lipinski definition) is 4. The Bertz CT molecular complexity index is 701. The Kier molecular flexibility index (Phi) is 5.86. The van der Waals surface area contributed by atoms with Crippen LogP contribution in [0.3, 0.4) is 0 Å². The van der Waals surface area contributed by atoms with Crippen molar-refractivity contribution < 1.29 is 14.9 Å². The van der Waals surface area contributed by atoms with E-state index in [9.17, 15) is 10.2 Å². The van der Waals surface area contributed by atoms with Crippen LogP contribution in [0.25, 0.3) is 11.1 Å². The van der Waals surface area contributed by atoms with Crippen molar-refractivity contribution in [2.45, 2.75) is 37.7 Å². The van der Waals surface area contributed by atoms with Crippen molar-refractivity contribution in [2.24, 2.45) is 0 Å². The van der Waals surface area contributed by atoms with Gasteiger partial charge in [0, 0.05) is 6.54 Å². The molecule has 4 nitrogen and oxygen atoms in total. The topological polar surface area (TPSA) is 52.9 Å². The first-order chi connectivity index (χ1) is 12.1. The largest absolute Gasteiger partial charge is 0.394 e. The van der Waals surface area contributed by atoms with Crippen LogP contribution in [-0.4, -0.2) is 48.0 Å². The van der Waals surface area contributed by atoms with E-state index in [1.165, 1.54) is 16.7 Å². The lowest BCUT2D eigenvalue weighted by Crippen LogP contribution is -2.38. The highest BCUT2D eigenvalue weighted by Gasteiger charge is 2.30. The fourth-order valence-corrected chi connectivity index (χ4v) is 3.47. The Morgan fingerprint density at radius 3 is 2.64 bits per heavy atom. The molecule has 134 valence electrons. The second-order valence-electron chi connectivity index (χ2n) is 7.01. The van der Waals surface area contributed by atoms with Crippen LogP contribution in [0.5, 0.6) is 0 Å². The molecule has 2 aromatic rings. The molecule has 0 saturated carbocycles. The van der Waals surface area contributed by atoms with Gasteiger partial charge in [-0.3, -0.25) is 0 Å². The minimum absolute atomic E-state index is 0.0819. The molecule has 3 rings (SSSR count). The molecule has 0 radical (unpaired) electrons. The van der Waals surface area contributed by atoms with Gasteiger partial charge >= 0.3 is 0 Å². The molecule has 0 amide bonds. The van der Waals surface area contributed by atoms with E-state index in [-0.39, 0.29) is 12.7 Å². The third-order valence-corrected chi connectivity index (χ3v) is 4.75. The first-order valence-electron chi connectivity index (χ1n) is 8.86. The van der Waals surface area contributed by atoms with Crippen molar-refractivity contribution in [1.82, 2.24) is 4.90 Å². The first-order valence-corrected chi connectivity index (χ1v) is 8.86. The molecule has 2 N–H and O–H groups in total. The molecular formula is C21H27NO3. The maximum Gasteiger partial charge on any atom is 0.107 e. The van der Waals surface area contributed by atoms with Gasteiger partial charge in [0.1, 0.15) is 6.10 Å². The van der Waals surface area contributed by atoms with Crippen molar-refractivity contribution in [1.29, 1.82) is 0 Å². The summed E-state index contributed by atoms with van der Waals surface area (Å²) in [5, 5.41) is 19.3. The SMILES string of the molecule is CN(C)Cc1ccccc1-c1cccc(C2CCC(O)[C@@H](CO)O2)c1. The van der Waals surface area contributed by atoms with Crippen molar-refractivity contribution in [3.63, 3.8) is 0 Å². The number of aliphatic hydroxyl groups is 2. The average Bonchev–Trinajstić information content (AvgIpc) is 2.62. The van der Waals surface area contributed by atoms with Gasteiger partial charge in [-0.1, -0.05) is 42.5 Å². The number of hydrogen-bond donors (Lipinski definition) is 2. The van der Waals surface area contributed by atoms with Crippen LogP contribution in [0, 0.1) is 0 Å². The van der Waals surface area contributed by atoms with Crippen LogP contribution >= 0.6 is 0 Å². The fraction of sp³-hybridized carbons (Fsp3) is 0.429. The third kappa shape index (κ3) is 4.28. The predicted molar refractivity (Wildman–Crippen MR) is 99.2 cm³/mol. The molecule has 1 aliphatic rings. The summed E-state index contributed by atoms with van der Waals surface area (Å²) in [6.45, 7) is 0.738. The standard InChI is InChI=1S/C21H27NO3/c1-22(2)13-17-6-3-4-9-18(17)15-7-5-8-16(12-15)20-11-10-19(24)21(14-23)25-20/h3-9,12,19-21,23-24H,10-11,13-14H2,1-2H3/t19?,20?,21-/m1/s1. The molecule has 0 bridgehead atoms. The van der Waals surface area contributed by atoms with E-state index in [2.05, 4.69) is 67.5 Å². The van der Waals surface area contributed by atoms with Gasteiger partial charge in [0.2, 0.25) is 0 Å². The number of aliphatic hydroxyl groups excluding tert-OH is 2. The molecule has 0 spiro atoms. The molecule has 0 aliphatic carbocycles. The van der Waals surface area contributed by atoms with Gasteiger partial charge in [-0.05, 0) is 55.3 Å². The van der Waals surface area contributed by atoms with Gasteiger partial charge < -0.3 is 19.8 Å². The lowest BCUT2D eigenvalue weighted by Gasteiger charge is -2.33. The van der Waals surface area contributed by atoms with Crippen LogP contribution in [-0.2, 0) is 11.3 Å². The Morgan fingerprint density at radius 2 is 1.88 bits per heavy atom. The highest BCUT2D eigenvalue weighted by atomic mass is 16.5. The number of rotatable bonds is 5. The average molecular weight is 341 g/mol. The van der Waals surface area contributed by atoms with Gasteiger partial charge in [0.15, 0.2) is 0 Å². The van der Waals surface area contributed by atoms with Gasteiger partial charge in [-0.25, -0.2) is 0 Å². The summed E-state index contributed by atoms with van der Waals surface area (Å²) >= 11 is 0. The van der Waals surface area contributed by atoms with Crippen molar-refractivity contribution in [3.8, 4) is 11.1 Å². The molecule has 0 aromatic heterocycles. The maximum absolute atomic E-state index is 9.90. The Balaban J connectivity index is 1.88. The van der Waals surface area contributed by atoms with E-state index in [4.69, 9.17) is 4.74 Å². The maximum atomic E-state index is 9.90. The minimum atomic E-state index is -0.578. The van der Waals surface area contributed by atoms with Crippen LogP contribution < -0.4 is 0 Å². The van der Waals surface area contributed by atoms with Gasteiger partial charge in [0.05, 0.1) is 18.8 Å². The van der Waals surface area contributed by atoms with E-state index < -0.39 is 12.2 Å². The molecule has 4 heteroatoms. The van der Waals surface area contributed by atoms with E-state index in [1.807, 2.05) is 0 Å². The highest BCUT2D eigenvalue weighted by molar-refractivity contribution is 5.68. The Morgan fingerprint density at radius 1 is 1.08 bits per heavy atom. The summed E-state index contributed by atoms with van der Waals surface area (Å²) in [5.74, 6) is 0. The number of benzene rings is 2. The molecule has 1 heterocycles. The van der Waals surface area contributed by atoms with Crippen LogP contribution in [0.2, 0.25) is 0 Å². The monoisotopic (exact) mass is 341 g/mol. The Labute approximate surface area is 149 Å².